The van der Waals surface area contributed by atoms with Crippen LogP contribution >= 0.6 is 27.5 Å². The van der Waals surface area contributed by atoms with E-state index in [0.717, 1.165) is 16.0 Å². The van der Waals surface area contributed by atoms with E-state index < -0.39 is 5.82 Å². The Kier molecular flexibility index (Phi) is 4.84. The summed E-state index contributed by atoms with van der Waals surface area (Å²) in [6, 6.07) is 6.45. The summed E-state index contributed by atoms with van der Waals surface area (Å²) in [4.78, 5) is 8.88. The molecule has 2 rings (SSSR count). The van der Waals surface area contributed by atoms with Gasteiger partial charge >= 0.3 is 0 Å². The Bertz CT molecular complexity index is 656. The van der Waals surface area contributed by atoms with Crippen LogP contribution in [0.15, 0.2) is 28.9 Å². The van der Waals surface area contributed by atoms with Crippen molar-refractivity contribution in [1.29, 1.82) is 0 Å². The third-order valence-corrected chi connectivity index (χ3v) is 3.52. The van der Waals surface area contributed by atoms with Crippen LogP contribution in [0.2, 0.25) is 5.02 Å². The molecule has 0 saturated heterocycles. The molecule has 0 aliphatic rings. The van der Waals surface area contributed by atoms with Gasteiger partial charge in [0.15, 0.2) is 0 Å². The van der Waals surface area contributed by atoms with Crippen molar-refractivity contribution in [3.8, 4) is 0 Å². The topological polar surface area (TPSA) is 37.8 Å². The lowest BCUT2D eigenvalue weighted by molar-refractivity contribution is 0.544. The van der Waals surface area contributed by atoms with Crippen LogP contribution in [0, 0.1) is 5.82 Å². The number of halogens is 3. The number of nitrogens with one attached hydrogen (secondary N) is 1. The van der Waals surface area contributed by atoms with Crippen molar-refractivity contribution < 1.29 is 4.39 Å². The summed E-state index contributed by atoms with van der Waals surface area (Å²) < 4.78 is 13.8. The SMILES string of the molecule is CC(C)(C)c1nc(Br)cc(NCc2ccc(F)c(Cl)c2)n1. The van der Waals surface area contributed by atoms with Gasteiger partial charge in [0.1, 0.15) is 22.1 Å². The number of hydrogen-bond acceptors (Lipinski definition) is 3. The summed E-state index contributed by atoms with van der Waals surface area (Å²) in [5, 5.41) is 3.32. The predicted molar refractivity (Wildman–Crippen MR) is 87.2 cm³/mol. The molecule has 0 saturated carbocycles. The van der Waals surface area contributed by atoms with Crippen LogP contribution in [0.4, 0.5) is 10.2 Å². The molecule has 0 unspecified atom stereocenters. The normalized spacial score (nSPS) is 11.5. The number of benzene rings is 1. The summed E-state index contributed by atoms with van der Waals surface area (Å²) in [6.07, 6.45) is 0. The summed E-state index contributed by atoms with van der Waals surface area (Å²) in [5.41, 5.74) is 0.743. The van der Waals surface area contributed by atoms with Gasteiger partial charge in [-0.3, -0.25) is 0 Å². The van der Waals surface area contributed by atoms with E-state index >= 15 is 0 Å². The first kappa shape index (κ1) is 16.2. The maximum absolute atomic E-state index is 13.1. The first-order valence-electron chi connectivity index (χ1n) is 6.48. The van der Waals surface area contributed by atoms with Crippen molar-refractivity contribution in [3.63, 3.8) is 0 Å². The monoisotopic (exact) mass is 371 g/mol. The van der Waals surface area contributed by atoms with Crippen molar-refractivity contribution in [1.82, 2.24) is 9.97 Å². The van der Waals surface area contributed by atoms with Crippen LogP contribution in [0.25, 0.3) is 0 Å². The molecule has 0 fully saturated rings. The van der Waals surface area contributed by atoms with Gasteiger partial charge in [0.25, 0.3) is 0 Å². The maximum Gasteiger partial charge on any atom is 0.141 e. The fraction of sp³-hybridized carbons (Fsp3) is 0.333. The minimum atomic E-state index is -0.416. The van der Waals surface area contributed by atoms with Gasteiger partial charge in [-0.15, -0.1) is 0 Å². The second-order valence-electron chi connectivity index (χ2n) is 5.75. The molecule has 3 nitrogen and oxygen atoms in total. The zero-order valence-corrected chi connectivity index (χ0v) is 14.4. The van der Waals surface area contributed by atoms with E-state index in [-0.39, 0.29) is 10.4 Å². The van der Waals surface area contributed by atoms with Crippen LogP contribution in [-0.4, -0.2) is 9.97 Å². The van der Waals surface area contributed by atoms with Gasteiger partial charge in [-0.1, -0.05) is 38.4 Å². The summed E-state index contributed by atoms with van der Waals surface area (Å²) in [5.74, 6) is 1.04. The smallest absolute Gasteiger partial charge is 0.141 e. The third kappa shape index (κ3) is 4.38. The molecule has 0 atom stereocenters. The molecule has 21 heavy (non-hydrogen) atoms. The van der Waals surface area contributed by atoms with E-state index in [4.69, 9.17) is 11.6 Å². The second kappa shape index (κ2) is 6.28. The number of rotatable bonds is 3. The van der Waals surface area contributed by atoms with Crippen molar-refractivity contribution in [2.45, 2.75) is 32.7 Å². The maximum atomic E-state index is 13.1. The molecule has 0 aliphatic carbocycles. The highest BCUT2D eigenvalue weighted by atomic mass is 79.9. The molecule has 1 N–H and O–H groups in total. The molecule has 1 aromatic heterocycles. The zero-order valence-electron chi connectivity index (χ0n) is 12.0. The first-order chi connectivity index (χ1) is 9.75. The van der Waals surface area contributed by atoms with Crippen molar-refractivity contribution in [2.24, 2.45) is 0 Å². The molecule has 6 heteroatoms. The van der Waals surface area contributed by atoms with Gasteiger partial charge in [-0.05, 0) is 33.6 Å². The quantitative estimate of drug-likeness (QED) is 0.775. The number of aromatic nitrogens is 2. The van der Waals surface area contributed by atoms with Crippen molar-refractivity contribution in [2.75, 3.05) is 5.32 Å². The number of nitrogens with zero attached hydrogens (tertiary/aromatic N) is 2. The third-order valence-electron chi connectivity index (χ3n) is 2.82. The molecule has 112 valence electrons. The molecule has 0 radical (unpaired) electrons. The molecule has 0 spiro atoms. The van der Waals surface area contributed by atoms with Gasteiger partial charge in [0.05, 0.1) is 5.02 Å². The highest BCUT2D eigenvalue weighted by Crippen LogP contribution is 2.23. The fourth-order valence-electron chi connectivity index (χ4n) is 1.69. The lowest BCUT2D eigenvalue weighted by Crippen LogP contribution is -2.17. The highest BCUT2D eigenvalue weighted by molar-refractivity contribution is 9.10. The molecular formula is C15H16BrClFN3. The van der Waals surface area contributed by atoms with Crippen LogP contribution in [-0.2, 0) is 12.0 Å². The van der Waals surface area contributed by atoms with Crippen LogP contribution < -0.4 is 5.32 Å². The Morgan fingerprint density at radius 3 is 2.57 bits per heavy atom. The van der Waals surface area contributed by atoms with Crippen LogP contribution in [0.5, 0.6) is 0 Å². The zero-order chi connectivity index (χ0) is 15.6. The Balaban J connectivity index is 2.16. The summed E-state index contributed by atoms with van der Waals surface area (Å²) in [7, 11) is 0. The van der Waals surface area contributed by atoms with Gasteiger partial charge in [-0.2, -0.15) is 0 Å². The largest absolute Gasteiger partial charge is 0.366 e. The molecule has 1 heterocycles. The standard InChI is InChI=1S/C15H16BrClFN3/c1-15(2,3)14-20-12(16)7-13(21-14)19-8-9-4-5-11(18)10(17)6-9/h4-7H,8H2,1-3H3,(H,19,20,21). The average molecular weight is 373 g/mol. The first-order valence-corrected chi connectivity index (χ1v) is 7.65. The van der Waals surface area contributed by atoms with E-state index in [1.165, 1.54) is 6.07 Å². The Morgan fingerprint density at radius 2 is 1.95 bits per heavy atom. The second-order valence-corrected chi connectivity index (χ2v) is 6.97. The van der Waals surface area contributed by atoms with Gasteiger partial charge in [0, 0.05) is 18.0 Å². The van der Waals surface area contributed by atoms with E-state index in [9.17, 15) is 4.39 Å². The fourth-order valence-corrected chi connectivity index (χ4v) is 2.27. The van der Waals surface area contributed by atoms with E-state index in [1.807, 2.05) is 0 Å². The summed E-state index contributed by atoms with van der Waals surface area (Å²) in [6.45, 7) is 6.67. The van der Waals surface area contributed by atoms with Gasteiger partial charge in [-0.25, -0.2) is 14.4 Å². The van der Waals surface area contributed by atoms with Crippen molar-refractivity contribution in [3.05, 3.63) is 51.1 Å². The average Bonchev–Trinajstić information content (AvgIpc) is 2.38. The lowest BCUT2D eigenvalue weighted by Gasteiger charge is -2.18. The Hall–Kier alpha value is -1.20. The molecule has 0 amide bonds. The van der Waals surface area contributed by atoms with Gasteiger partial charge in [0.2, 0.25) is 0 Å². The lowest BCUT2D eigenvalue weighted by atomic mass is 9.96. The van der Waals surface area contributed by atoms with Gasteiger partial charge < -0.3 is 5.32 Å². The van der Waals surface area contributed by atoms with Crippen molar-refractivity contribution >= 4 is 33.3 Å². The number of hydrogen-bond donors (Lipinski definition) is 1. The Morgan fingerprint density at radius 1 is 1.24 bits per heavy atom. The minimum Gasteiger partial charge on any atom is -0.366 e. The molecule has 0 bridgehead atoms. The van der Waals surface area contributed by atoms with E-state index in [2.05, 4.69) is 52.0 Å². The molecule has 2 aromatic rings. The minimum absolute atomic E-state index is 0.119. The molecule has 0 aliphatic heterocycles. The molecule has 1 aromatic carbocycles. The number of anilines is 1. The van der Waals surface area contributed by atoms with E-state index in [0.29, 0.717) is 12.4 Å². The predicted octanol–water partition coefficient (Wildman–Crippen LogP) is 4.94. The Labute approximate surface area is 137 Å². The van der Waals surface area contributed by atoms with Crippen LogP contribution in [0.3, 0.4) is 0 Å². The molecular weight excluding hydrogens is 357 g/mol. The highest BCUT2D eigenvalue weighted by Gasteiger charge is 2.18. The van der Waals surface area contributed by atoms with E-state index in [1.54, 1.807) is 18.2 Å². The summed E-state index contributed by atoms with van der Waals surface area (Å²) >= 11 is 9.16. The van der Waals surface area contributed by atoms with Crippen LogP contribution in [0.1, 0.15) is 32.2 Å².